The van der Waals surface area contributed by atoms with Gasteiger partial charge in [0.25, 0.3) is 0 Å². The third-order valence-electron chi connectivity index (χ3n) is 2.55. The molecule has 0 atom stereocenters. The Hall–Kier alpha value is -0.410. The summed E-state index contributed by atoms with van der Waals surface area (Å²) in [5.74, 6) is -4.33. The Balaban J connectivity index is 2.55. The van der Waals surface area contributed by atoms with Crippen molar-refractivity contribution in [2.24, 2.45) is 0 Å². The molecule has 1 fully saturated rings. The predicted molar refractivity (Wildman–Crippen MR) is 53.8 cm³/mol. The van der Waals surface area contributed by atoms with Gasteiger partial charge in [0.1, 0.15) is 0 Å². The Morgan fingerprint density at radius 1 is 1.29 bits per heavy atom. The number of nitrogens with one attached hydrogen (secondary N) is 2. The topological polar surface area (TPSA) is 58.2 Å². The van der Waals surface area contributed by atoms with E-state index in [1.165, 1.54) is 0 Å². The lowest BCUT2D eigenvalue weighted by atomic mass is 10.2. The van der Waals surface area contributed by atoms with E-state index < -0.39 is 34.2 Å². The third kappa shape index (κ3) is 4.07. The van der Waals surface area contributed by atoms with Crippen LogP contribution in [0.2, 0.25) is 0 Å². The Bertz CT molecular complexity index is 341. The molecule has 0 aromatic heterocycles. The van der Waals surface area contributed by atoms with Crippen LogP contribution in [0.5, 0.6) is 0 Å². The largest absolute Gasteiger partial charge is 0.320 e. The van der Waals surface area contributed by atoms with Gasteiger partial charge in [-0.15, -0.1) is 0 Å². The maximum Gasteiger partial charge on any atom is 0.320 e. The molecule has 0 unspecified atom stereocenters. The molecule has 102 valence electrons. The molecule has 9 heteroatoms. The molecule has 0 aliphatic carbocycles. The fourth-order valence-electron chi connectivity index (χ4n) is 1.50. The van der Waals surface area contributed by atoms with Crippen molar-refractivity contribution in [2.45, 2.75) is 30.4 Å². The summed E-state index contributed by atoms with van der Waals surface area (Å²) in [7, 11) is -3.95. The summed E-state index contributed by atoms with van der Waals surface area (Å²) in [6.07, 6.45) is -3.30. The van der Waals surface area contributed by atoms with Crippen molar-refractivity contribution >= 4 is 10.0 Å². The van der Waals surface area contributed by atoms with Crippen LogP contribution in [-0.2, 0) is 10.0 Å². The van der Waals surface area contributed by atoms with Gasteiger partial charge in [-0.05, 0) is 25.9 Å². The van der Waals surface area contributed by atoms with Crippen molar-refractivity contribution in [1.29, 1.82) is 0 Å². The number of hydrogen-bond acceptors (Lipinski definition) is 3. The molecule has 2 N–H and O–H groups in total. The minimum atomic E-state index is -4.33. The van der Waals surface area contributed by atoms with Gasteiger partial charge in [0.15, 0.2) is 0 Å². The third-order valence-corrected chi connectivity index (χ3v) is 4.45. The van der Waals surface area contributed by atoms with Crippen molar-refractivity contribution in [1.82, 2.24) is 10.0 Å². The molecule has 17 heavy (non-hydrogen) atoms. The van der Waals surface area contributed by atoms with Crippen LogP contribution in [-0.4, -0.2) is 45.6 Å². The molecule has 1 heterocycles. The summed E-state index contributed by atoms with van der Waals surface area (Å²) >= 11 is 0. The van der Waals surface area contributed by atoms with Crippen molar-refractivity contribution in [3.05, 3.63) is 0 Å². The lowest BCUT2D eigenvalue weighted by Crippen LogP contribution is -2.47. The highest BCUT2D eigenvalue weighted by atomic mass is 32.2. The van der Waals surface area contributed by atoms with Crippen LogP contribution in [0.1, 0.15) is 12.8 Å². The van der Waals surface area contributed by atoms with Gasteiger partial charge in [0.05, 0.1) is 11.8 Å². The van der Waals surface area contributed by atoms with Crippen molar-refractivity contribution < 1.29 is 26.0 Å². The Morgan fingerprint density at radius 3 is 2.29 bits per heavy atom. The zero-order valence-corrected chi connectivity index (χ0v) is 9.74. The van der Waals surface area contributed by atoms with Gasteiger partial charge in [-0.3, -0.25) is 0 Å². The molecule has 1 aliphatic heterocycles. The Labute approximate surface area is 96.8 Å². The zero-order chi connectivity index (χ0) is 13.1. The van der Waals surface area contributed by atoms with Gasteiger partial charge in [-0.25, -0.2) is 21.9 Å². The Kier molecular flexibility index (Phi) is 4.73. The van der Waals surface area contributed by atoms with Crippen LogP contribution in [0.3, 0.4) is 0 Å². The first kappa shape index (κ1) is 14.7. The van der Waals surface area contributed by atoms with E-state index in [-0.39, 0.29) is 12.8 Å². The highest BCUT2D eigenvalue weighted by molar-refractivity contribution is 7.90. The first-order valence-electron chi connectivity index (χ1n) is 5.11. The summed E-state index contributed by atoms with van der Waals surface area (Å²) in [5, 5.41) is 2.12. The second-order valence-electron chi connectivity index (χ2n) is 3.88. The standard InChI is InChI=1S/C8H14F4N2O2S/c9-7(10)8(11,12)5-14-17(15,16)6-1-3-13-4-2-6/h6-7,13-14H,1-5H2. The summed E-state index contributed by atoms with van der Waals surface area (Å²) in [5.41, 5.74) is 0. The summed E-state index contributed by atoms with van der Waals surface area (Å²) in [6.45, 7) is -0.620. The maximum atomic E-state index is 12.6. The van der Waals surface area contributed by atoms with Crippen LogP contribution < -0.4 is 10.0 Å². The normalized spacial score (nSPS) is 19.8. The Morgan fingerprint density at radius 2 is 1.82 bits per heavy atom. The minimum absolute atomic E-state index is 0.287. The second-order valence-corrected chi connectivity index (χ2v) is 5.92. The second kappa shape index (κ2) is 5.49. The predicted octanol–water partition coefficient (Wildman–Crippen LogP) is 0.558. The highest BCUT2D eigenvalue weighted by Crippen LogP contribution is 2.22. The van der Waals surface area contributed by atoms with Crippen molar-refractivity contribution in [3.63, 3.8) is 0 Å². The fourth-order valence-corrected chi connectivity index (χ4v) is 2.98. The molecule has 0 amide bonds. The van der Waals surface area contributed by atoms with E-state index in [9.17, 15) is 26.0 Å². The average Bonchev–Trinajstić information content (AvgIpc) is 2.28. The number of rotatable bonds is 5. The lowest BCUT2D eigenvalue weighted by Gasteiger charge is -2.24. The van der Waals surface area contributed by atoms with Gasteiger partial charge in [0, 0.05) is 0 Å². The number of halogens is 4. The van der Waals surface area contributed by atoms with Crippen LogP contribution >= 0.6 is 0 Å². The van der Waals surface area contributed by atoms with Gasteiger partial charge < -0.3 is 5.32 Å². The smallest absolute Gasteiger partial charge is 0.317 e. The molecule has 1 aliphatic rings. The van der Waals surface area contributed by atoms with Gasteiger partial charge >= 0.3 is 12.3 Å². The maximum absolute atomic E-state index is 12.6. The molecule has 0 saturated carbocycles. The van der Waals surface area contributed by atoms with Crippen LogP contribution in [0.25, 0.3) is 0 Å². The number of hydrogen-bond donors (Lipinski definition) is 2. The van der Waals surface area contributed by atoms with Crippen LogP contribution in [0, 0.1) is 0 Å². The molecular weight excluding hydrogens is 264 g/mol. The molecule has 1 saturated heterocycles. The summed E-state index contributed by atoms with van der Waals surface area (Å²) < 4.78 is 73.4. The van der Waals surface area contributed by atoms with E-state index in [0.717, 1.165) is 0 Å². The number of alkyl halides is 4. The lowest BCUT2D eigenvalue weighted by molar-refractivity contribution is -0.122. The molecule has 1 rings (SSSR count). The molecule has 0 spiro atoms. The van der Waals surface area contributed by atoms with E-state index in [2.05, 4.69) is 5.32 Å². The van der Waals surface area contributed by atoms with Crippen LogP contribution in [0.15, 0.2) is 0 Å². The summed E-state index contributed by atoms with van der Waals surface area (Å²) in [4.78, 5) is 0. The molecule has 0 bridgehead atoms. The minimum Gasteiger partial charge on any atom is -0.317 e. The van der Waals surface area contributed by atoms with E-state index in [4.69, 9.17) is 0 Å². The van der Waals surface area contributed by atoms with E-state index >= 15 is 0 Å². The first-order chi connectivity index (χ1) is 7.76. The van der Waals surface area contributed by atoms with Gasteiger partial charge in [-0.1, -0.05) is 0 Å². The zero-order valence-electron chi connectivity index (χ0n) is 8.93. The quantitative estimate of drug-likeness (QED) is 0.722. The molecule has 0 radical (unpaired) electrons. The number of sulfonamides is 1. The average molecular weight is 278 g/mol. The van der Waals surface area contributed by atoms with E-state index in [1.807, 2.05) is 0 Å². The monoisotopic (exact) mass is 278 g/mol. The highest BCUT2D eigenvalue weighted by Gasteiger charge is 2.42. The van der Waals surface area contributed by atoms with Gasteiger partial charge in [0.2, 0.25) is 10.0 Å². The SMILES string of the molecule is O=S(=O)(NCC(F)(F)C(F)F)C1CCNCC1. The summed E-state index contributed by atoms with van der Waals surface area (Å²) in [6, 6.07) is 0. The molecule has 0 aromatic rings. The fraction of sp³-hybridized carbons (Fsp3) is 1.00. The first-order valence-corrected chi connectivity index (χ1v) is 6.65. The van der Waals surface area contributed by atoms with E-state index in [0.29, 0.717) is 13.1 Å². The van der Waals surface area contributed by atoms with Gasteiger partial charge in [-0.2, -0.15) is 8.78 Å². The number of piperidine rings is 1. The molecular formula is C8H14F4N2O2S. The van der Waals surface area contributed by atoms with Crippen molar-refractivity contribution in [2.75, 3.05) is 19.6 Å². The molecule has 0 aromatic carbocycles. The van der Waals surface area contributed by atoms with E-state index in [1.54, 1.807) is 4.72 Å². The van der Waals surface area contributed by atoms with Crippen LogP contribution in [0.4, 0.5) is 17.6 Å². The van der Waals surface area contributed by atoms with Crippen molar-refractivity contribution in [3.8, 4) is 0 Å². The molecule has 4 nitrogen and oxygen atoms in total.